The van der Waals surface area contributed by atoms with E-state index < -0.39 is 9.84 Å². The lowest BCUT2D eigenvalue weighted by Crippen LogP contribution is -2.34. The predicted molar refractivity (Wildman–Crippen MR) is 86.8 cm³/mol. The van der Waals surface area contributed by atoms with Gasteiger partial charge < -0.3 is 10.2 Å². The summed E-state index contributed by atoms with van der Waals surface area (Å²) in [6.07, 6.45) is 3.17. The highest BCUT2D eigenvalue weighted by Gasteiger charge is 2.32. The second kappa shape index (κ2) is 5.78. The fourth-order valence-electron chi connectivity index (χ4n) is 2.90. The molecule has 1 saturated carbocycles. The van der Waals surface area contributed by atoms with Crippen LogP contribution in [-0.2, 0) is 16.4 Å². The van der Waals surface area contributed by atoms with Crippen molar-refractivity contribution < 1.29 is 8.42 Å². The highest BCUT2D eigenvalue weighted by Crippen LogP contribution is 2.33. The topological polar surface area (TPSA) is 49.4 Å². The van der Waals surface area contributed by atoms with E-state index in [1.54, 1.807) is 0 Å². The van der Waals surface area contributed by atoms with E-state index in [-0.39, 0.29) is 17.5 Å². The highest BCUT2D eigenvalue weighted by atomic mass is 35.5. The van der Waals surface area contributed by atoms with E-state index in [0.717, 1.165) is 17.8 Å². The molecule has 0 aromatic heterocycles. The first-order valence-corrected chi connectivity index (χ1v) is 9.60. The van der Waals surface area contributed by atoms with Crippen molar-refractivity contribution in [3.63, 3.8) is 0 Å². The molecule has 0 bridgehead atoms. The van der Waals surface area contributed by atoms with Crippen molar-refractivity contribution in [1.29, 1.82) is 0 Å². The fraction of sp³-hybridized carbons (Fsp3) is 0.600. The minimum absolute atomic E-state index is 0.0228. The van der Waals surface area contributed by atoms with Gasteiger partial charge in [-0.1, -0.05) is 23.7 Å². The zero-order valence-corrected chi connectivity index (χ0v) is 13.8. The van der Waals surface area contributed by atoms with Gasteiger partial charge in [0, 0.05) is 25.7 Å². The van der Waals surface area contributed by atoms with Crippen LogP contribution in [0.3, 0.4) is 0 Å². The van der Waals surface area contributed by atoms with E-state index in [2.05, 4.69) is 16.3 Å². The molecule has 4 nitrogen and oxygen atoms in total. The van der Waals surface area contributed by atoms with E-state index in [4.69, 9.17) is 11.6 Å². The van der Waals surface area contributed by atoms with E-state index >= 15 is 0 Å². The van der Waals surface area contributed by atoms with Crippen molar-refractivity contribution in [3.8, 4) is 0 Å². The van der Waals surface area contributed by atoms with Crippen LogP contribution in [0, 0.1) is 0 Å². The van der Waals surface area contributed by atoms with Crippen LogP contribution in [0.4, 0.5) is 5.69 Å². The zero-order valence-electron chi connectivity index (χ0n) is 12.2. The third-order valence-corrected chi connectivity index (χ3v) is 6.39. The SMILES string of the molecule is CN(c1c(Cl)cccc1CNC1CC1)C1CCS(=O)(=O)C1. The summed E-state index contributed by atoms with van der Waals surface area (Å²) in [6, 6.07) is 6.55. The maximum absolute atomic E-state index is 11.7. The number of rotatable bonds is 5. The van der Waals surface area contributed by atoms with E-state index in [1.807, 2.05) is 19.2 Å². The quantitative estimate of drug-likeness (QED) is 0.900. The van der Waals surface area contributed by atoms with E-state index in [1.165, 1.54) is 12.8 Å². The van der Waals surface area contributed by atoms with Crippen LogP contribution in [-0.4, -0.2) is 39.1 Å². The minimum atomic E-state index is -2.89. The first-order chi connectivity index (χ1) is 9.96. The van der Waals surface area contributed by atoms with Crippen molar-refractivity contribution >= 4 is 27.1 Å². The van der Waals surface area contributed by atoms with Gasteiger partial charge in [0.1, 0.15) is 0 Å². The molecule has 0 radical (unpaired) electrons. The summed E-state index contributed by atoms with van der Waals surface area (Å²) in [4.78, 5) is 2.05. The average molecular weight is 329 g/mol. The van der Waals surface area contributed by atoms with Crippen LogP contribution in [0.1, 0.15) is 24.8 Å². The Morgan fingerprint density at radius 3 is 2.71 bits per heavy atom. The Balaban J connectivity index is 1.82. The first-order valence-electron chi connectivity index (χ1n) is 7.40. The summed E-state index contributed by atoms with van der Waals surface area (Å²) in [6.45, 7) is 0.782. The van der Waals surface area contributed by atoms with E-state index in [9.17, 15) is 8.42 Å². The van der Waals surface area contributed by atoms with Gasteiger partial charge in [0.2, 0.25) is 0 Å². The smallest absolute Gasteiger partial charge is 0.152 e. The number of hydrogen-bond donors (Lipinski definition) is 1. The molecule has 1 aliphatic heterocycles. The Labute approximate surface area is 131 Å². The lowest BCUT2D eigenvalue weighted by Gasteiger charge is -2.29. The number of nitrogens with one attached hydrogen (secondary N) is 1. The maximum Gasteiger partial charge on any atom is 0.152 e. The molecule has 0 spiro atoms. The Morgan fingerprint density at radius 1 is 1.33 bits per heavy atom. The second-order valence-electron chi connectivity index (χ2n) is 6.07. The summed E-state index contributed by atoms with van der Waals surface area (Å²) in [5.74, 6) is 0.506. The van der Waals surface area contributed by atoms with Gasteiger partial charge in [-0.25, -0.2) is 8.42 Å². The zero-order chi connectivity index (χ0) is 15.0. The third kappa shape index (κ3) is 3.52. The standard InChI is InChI=1S/C15H21ClN2O2S/c1-18(13-7-8-21(19,20)10-13)15-11(3-2-4-14(15)16)9-17-12-5-6-12/h2-4,12-13,17H,5-10H2,1H3. The van der Waals surface area contributed by atoms with Crippen LogP contribution in [0.25, 0.3) is 0 Å². The molecule has 1 atom stereocenters. The van der Waals surface area contributed by atoms with E-state index in [0.29, 0.717) is 17.5 Å². The predicted octanol–water partition coefficient (Wildman–Crippen LogP) is 2.22. The molecule has 2 aliphatic rings. The molecule has 1 N–H and O–H groups in total. The van der Waals surface area contributed by atoms with Crippen LogP contribution in [0.2, 0.25) is 5.02 Å². The Bertz CT molecular complexity index is 629. The molecule has 1 aromatic carbocycles. The summed E-state index contributed by atoms with van der Waals surface area (Å²) in [5, 5.41) is 4.19. The van der Waals surface area contributed by atoms with Crippen molar-refractivity contribution in [2.75, 3.05) is 23.5 Å². The van der Waals surface area contributed by atoms with Gasteiger partial charge >= 0.3 is 0 Å². The van der Waals surface area contributed by atoms with Gasteiger partial charge in [0.05, 0.1) is 22.2 Å². The summed E-state index contributed by atoms with van der Waals surface area (Å²) < 4.78 is 23.4. The molecular weight excluding hydrogens is 308 g/mol. The number of nitrogens with zero attached hydrogens (tertiary/aromatic N) is 1. The first kappa shape index (κ1) is 15.1. The van der Waals surface area contributed by atoms with Gasteiger partial charge in [-0.2, -0.15) is 0 Å². The van der Waals surface area contributed by atoms with Crippen LogP contribution in [0.15, 0.2) is 18.2 Å². The maximum atomic E-state index is 11.7. The van der Waals surface area contributed by atoms with Gasteiger partial charge in [0.15, 0.2) is 9.84 Å². The van der Waals surface area contributed by atoms with Gasteiger partial charge in [-0.3, -0.25) is 0 Å². The lowest BCUT2D eigenvalue weighted by atomic mass is 10.1. The molecule has 3 rings (SSSR count). The Kier molecular flexibility index (Phi) is 4.17. The number of benzene rings is 1. The summed E-state index contributed by atoms with van der Waals surface area (Å²) >= 11 is 6.39. The number of sulfone groups is 1. The molecule has 6 heteroatoms. The van der Waals surface area contributed by atoms with Crippen LogP contribution in [0.5, 0.6) is 0 Å². The van der Waals surface area contributed by atoms with Crippen molar-refractivity contribution in [2.45, 2.75) is 37.9 Å². The number of anilines is 1. The molecule has 1 aliphatic carbocycles. The molecule has 0 amide bonds. The molecule has 1 heterocycles. The Morgan fingerprint density at radius 2 is 2.10 bits per heavy atom. The molecule has 1 unspecified atom stereocenters. The largest absolute Gasteiger partial charge is 0.369 e. The lowest BCUT2D eigenvalue weighted by molar-refractivity contribution is 0.600. The molecule has 1 saturated heterocycles. The number of halogens is 1. The number of hydrogen-bond acceptors (Lipinski definition) is 4. The molecule has 21 heavy (non-hydrogen) atoms. The van der Waals surface area contributed by atoms with Crippen LogP contribution >= 0.6 is 11.6 Å². The molecular formula is C15H21ClN2O2S. The molecule has 1 aromatic rings. The summed E-state index contributed by atoms with van der Waals surface area (Å²) in [7, 11) is -0.939. The second-order valence-corrected chi connectivity index (χ2v) is 8.71. The van der Waals surface area contributed by atoms with Gasteiger partial charge in [-0.05, 0) is 30.9 Å². The van der Waals surface area contributed by atoms with Gasteiger partial charge in [0.25, 0.3) is 0 Å². The minimum Gasteiger partial charge on any atom is -0.369 e. The summed E-state index contributed by atoms with van der Waals surface area (Å²) in [5.41, 5.74) is 2.11. The molecule has 2 fully saturated rings. The third-order valence-electron chi connectivity index (χ3n) is 4.34. The monoisotopic (exact) mass is 328 g/mol. The normalized spacial score (nSPS) is 24.2. The van der Waals surface area contributed by atoms with Crippen molar-refractivity contribution in [1.82, 2.24) is 5.32 Å². The van der Waals surface area contributed by atoms with Gasteiger partial charge in [-0.15, -0.1) is 0 Å². The highest BCUT2D eigenvalue weighted by molar-refractivity contribution is 7.91. The average Bonchev–Trinajstić information content (AvgIpc) is 3.18. The molecule has 116 valence electrons. The number of para-hydroxylation sites is 1. The van der Waals surface area contributed by atoms with Crippen LogP contribution < -0.4 is 10.2 Å². The van der Waals surface area contributed by atoms with Crippen molar-refractivity contribution in [3.05, 3.63) is 28.8 Å². The fourth-order valence-corrected chi connectivity index (χ4v) is 5.00. The Hall–Kier alpha value is -0.780. The van der Waals surface area contributed by atoms with Crippen molar-refractivity contribution in [2.24, 2.45) is 0 Å².